The second-order valence-corrected chi connectivity index (χ2v) is 3.60. The van der Waals surface area contributed by atoms with Crippen LogP contribution in [-0.2, 0) is 0 Å². The molecular weight excluding hydrogens is 204 g/mol. The normalized spacial score (nSPS) is 10.9. The van der Waals surface area contributed by atoms with Gasteiger partial charge in [-0.1, -0.05) is 0 Å². The first-order valence-corrected chi connectivity index (χ1v) is 5.38. The second-order valence-electron chi connectivity index (χ2n) is 3.60. The maximum atomic E-state index is 5.60. The summed E-state index contributed by atoms with van der Waals surface area (Å²) in [6, 6.07) is 2.00. The van der Waals surface area contributed by atoms with E-state index >= 15 is 0 Å². The van der Waals surface area contributed by atoms with Crippen molar-refractivity contribution >= 4 is 11.6 Å². The van der Waals surface area contributed by atoms with Crippen molar-refractivity contribution in [1.29, 1.82) is 0 Å². The molecule has 86 valence electrons. The fraction of sp³-hybridized carbons (Fsp3) is 0.500. The molecule has 2 rings (SSSR count). The van der Waals surface area contributed by atoms with Crippen LogP contribution in [0.25, 0.3) is 5.78 Å². The van der Waals surface area contributed by atoms with E-state index in [4.69, 9.17) is 5.73 Å². The number of nitrogens with two attached hydrogens (primary N) is 1. The van der Waals surface area contributed by atoms with E-state index in [1.54, 1.807) is 4.52 Å². The fourth-order valence-electron chi connectivity index (χ4n) is 1.73. The summed E-state index contributed by atoms with van der Waals surface area (Å²) >= 11 is 0. The minimum absolute atomic E-state index is 0.616. The van der Waals surface area contributed by atoms with Gasteiger partial charge in [-0.05, 0) is 13.8 Å². The lowest BCUT2D eigenvalue weighted by Crippen LogP contribution is -2.31. The van der Waals surface area contributed by atoms with Gasteiger partial charge in [0.15, 0.2) is 0 Å². The first-order valence-electron chi connectivity index (χ1n) is 5.38. The molecule has 0 aliphatic rings. The van der Waals surface area contributed by atoms with E-state index in [1.165, 1.54) is 6.33 Å². The third-order valence-corrected chi connectivity index (χ3v) is 2.47. The highest BCUT2D eigenvalue weighted by atomic mass is 15.4. The first-order chi connectivity index (χ1) is 7.76. The number of aryl methyl sites for hydroxylation is 1. The molecule has 6 nitrogen and oxygen atoms in total. The summed E-state index contributed by atoms with van der Waals surface area (Å²) in [7, 11) is 0. The maximum Gasteiger partial charge on any atom is 0.254 e. The van der Waals surface area contributed by atoms with Crippen LogP contribution >= 0.6 is 0 Å². The largest absolute Gasteiger partial charge is 0.355 e. The smallest absolute Gasteiger partial charge is 0.254 e. The number of likely N-dealkylation sites (N-methyl/N-ethyl adjacent to an activating group) is 1. The predicted octanol–water partition coefficient (Wildman–Crippen LogP) is 0.218. The molecule has 0 saturated carbocycles. The highest BCUT2D eigenvalue weighted by Crippen LogP contribution is 2.14. The molecule has 2 N–H and O–H groups in total. The van der Waals surface area contributed by atoms with E-state index in [1.807, 2.05) is 13.0 Å². The number of hydrogen-bond donors (Lipinski definition) is 1. The van der Waals surface area contributed by atoms with Crippen LogP contribution in [0.15, 0.2) is 12.4 Å². The van der Waals surface area contributed by atoms with Gasteiger partial charge in [0.25, 0.3) is 5.78 Å². The second kappa shape index (κ2) is 4.44. The summed E-state index contributed by atoms with van der Waals surface area (Å²) in [5.74, 6) is 1.62. The van der Waals surface area contributed by atoms with E-state index in [0.29, 0.717) is 12.3 Å². The van der Waals surface area contributed by atoms with E-state index < -0.39 is 0 Å². The number of fused-ring (bicyclic) bond motifs is 1. The number of aromatic nitrogens is 4. The summed E-state index contributed by atoms with van der Waals surface area (Å²) < 4.78 is 1.74. The first kappa shape index (κ1) is 10.8. The zero-order valence-electron chi connectivity index (χ0n) is 9.59. The Bertz CT molecular complexity index is 477. The van der Waals surface area contributed by atoms with Gasteiger partial charge in [0.05, 0.1) is 0 Å². The molecule has 2 heterocycles. The molecule has 0 saturated heterocycles. The Morgan fingerprint density at radius 3 is 3.00 bits per heavy atom. The molecule has 0 spiro atoms. The van der Waals surface area contributed by atoms with Gasteiger partial charge < -0.3 is 10.6 Å². The Labute approximate surface area is 94.1 Å². The van der Waals surface area contributed by atoms with Gasteiger partial charge in [-0.25, -0.2) is 4.98 Å². The monoisotopic (exact) mass is 220 g/mol. The van der Waals surface area contributed by atoms with Crippen LogP contribution in [-0.4, -0.2) is 39.2 Å². The Morgan fingerprint density at radius 1 is 1.50 bits per heavy atom. The fourth-order valence-corrected chi connectivity index (χ4v) is 1.73. The van der Waals surface area contributed by atoms with Gasteiger partial charge in [0.2, 0.25) is 0 Å². The maximum absolute atomic E-state index is 5.60. The van der Waals surface area contributed by atoms with Crippen molar-refractivity contribution < 1.29 is 0 Å². The Morgan fingerprint density at radius 2 is 2.31 bits per heavy atom. The van der Waals surface area contributed by atoms with Crippen LogP contribution in [0.1, 0.15) is 12.6 Å². The summed E-state index contributed by atoms with van der Waals surface area (Å²) in [6.07, 6.45) is 1.52. The van der Waals surface area contributed by atoms with Gasteiger partial charge in [-0.15, -0.1) is 0 Å². The van der Waals surface area contributed by atoms with Crippen molar-refractivity contribution in [2.24, 2.45) is 5.73 Å². The van der Waals surface area contributed by atoms with Gasteiger partial charge in [-0.2, -0.15) is 14.6 Å². The molecule has 0 aliphatic carbocycles. The van der Waals surface area contributed by atoms with Crippen LogP contribution in [0.4, 0.5) is 5.82 Å². The van der Waals surface area contributed by atoms with Crippen LogP contribution in [0.2, 0.25) is 0 Å². The van der Waals surface area contributed by atoms with Crippen LogP contribution in [0.5, 0.6) is 0 Å². The van der Waals surface area contributed by atoms with Gasteiger partial charge in [-0.3, -0.25) is 0 Å². The van der Waals surface area contributed by atoms with E-state index in [0.717, 1.165) is 24.6 Å². The molecule has 0 bridgehead atoms. The average molecular weight is 220 g/mol. The molecule has 0 radical (unpaired) electrons. The zero-order valence-corrected chi connectivity index (χ0v) is 9.59. The lowest BCUT2D eigenvalue weighted by molar-refractivity contribution is 0.768. The Kier molecular flexibility index (Phi) is 3.00. The number of nitrogens with zero attached hydrogens (tertiary/aromatic N) is 5. The highest BCUT2D eigenvalue weighted by Gasteiger charge is 2.10. The molecule has 6 heteroatoms. The molecule has 16 heavy (non-hydrogen) atoms. The molecule has 2 aromatic heterocycles. The van der Waals surface area contributed by atoms with E-state index in [-0.39, 0.29) is 0 Å². The lowest BCUT2D eigenvalue weighted by Gasteiger charge is -2.22. The van der Waals surface area contributed by atoms with Crippen LogP contribution in [0.3, 0.4) is 0 Å². The standard InChI is InChI=1S/C10H16N6/c1-3-15(5-4-11)9-6-8(2)14-10-12-7-13-16(9)10/h6-7H,3-5,11H2,1-2H3. The lowest BCUT2D eigenvalue weighted by atomic mass is 10.4. The molecular formula is C10H16N6. The molecule has 0 aliphatic heterocycles. The van der Waals surface area contributed by atoms with Gasteiger partial charge in [0, 0.05) is 31.4 Å². The average Bonchev–Trinajstić information content (AvgIpc) is 2.72. The van der Waals surface area contributed by atoms with E-state index in [9.17, 15) is 0 Å². The highest BCUT2D eigenvalue weighted by molar-refractivity contribution is 5.47. The van der Waals surface area contributed by atoms with Gasteiger partial charge >= 0.3 is 0 Å². The third kappa shape index (κ3) is 1.83. The van der Waals surface area contributed by atoms with Crippen molar-refractivity contribution in [2.45, 2.75) is 13.8 Å². The quantitative estimate of drug-likeness (QED) is 0.798. The SMILES string of the molecule is CCN(CCN)c1cc(C)nc2ncnn12. The molecule has 0 amide bonds. The molecule has 0 unspecified atom stereocenters. The summed E-state index contributed by atoms with van der Waals surface area (Å²) in [5, 5.41) is 4.17. The van der Waals surface area contributed by atoms with Crippen molar-refractivity contribution in [1.82, 2.24) is 19.6 Å². The third-order valence-electron chi connectivity index (χ3n) is 2.47. The van der Waals surface area contributed by atoms with Crippen molar-refractivity contribution in [3.63, 3.8) is 0 Å². The molecule has 0 aromatic carbocycles. The molecule has 2 aromatic rings. The minimum atomic E-state index is 0.616. The van der Waals surface area contributed by atoms with E-state index in [2.05, 4.69) is 26.9 Å². The topological polar surface area (TPSA) is 72.3 Å². The Hall–Kier alpha value is -1.69. The van der Waals surface area contributed by atoms with Crippen molar-refractivity contribution in [3.8, 4) is 0 Å². The summed E-state index contributed by atoms with van der Waals surface area (Å²) in [5.41, 5.74) is 6.53. The van der Waals surface area contributed by atoms with Gasteiger partial charge in [0.1, 0.15) is 12.1 Å². The molecule has 0 fully saturated rings. The summed E-state index contributed by atoms with van der Waals surface area (Å²) in [6.45, 7) is 6.35. The zero-order chi connectivity index (χ0) is 11.5. The van der Waals surface area contributed by atoms with Crippen molar-refractivity contribution in [2.75, 3.05) is 24.5 Å². The predicted molar refractivity (Wildman–Crippen MR) is 62.5 cm³/mol. The van der Waals surface area contributed by atoms with Crippen LogP contribution in [0, 0.1) is 6.92 Å². The molecule has 0 atom stereocenters. The van der Waals surface area contributed by atoms with Crippen LogP contribution < -0.4 is 10.6 Å². The number of hydrogen-bond acceptors (Lipinski definition) is 5. The number of anilines is 1. The summed E-state index contributed by atoms with van der Waals surface area (Å²) in [4.78, 5) is 10.6. The Balaban J connectivity index is 2.52. The number of rotatable bonds is 4. The van der Waals surface area contributed by atoms with Crippen molar-refractivity contribution in [3.05, 3.63) is 18.1 Å². The minimum Gasteiger partial charge on any atom is -0.355 e.